The Kier molecular flexibility index (Phi) is 3.35. The molecule has 4 nitrogen and oxygen atoms in total. The van der Waals surface area contributed by atoms with Gasteiger partial charge in [-0.25, -0.2) is 4.79 Å². The lowest BCUT2D eigenvalue weighted by atomic mass is 10.0. The molecule has 0 spiro atoms. The quantitative estimate of drug-likeness (QED) is 0.755. The number of thiocarbonyl (C=S) groups is 1. The molecule has 2 N–H and O–H groups in total. The van der Waals surface area contributed by atoms with Gasteiger partial charge < -0.3 is 10.2 Å². The minimum absolute atomic E-state index is 0.353. The van der Waals surface area contributed by atoms with E-state index in [1.807, 2.05) is 43.3 Å². The number of rotatable bonds is 3. The molecule has 0 atom stereocenters. The average molecular weight is 298 g/mol. The summed E-state index contributed by atoms with van der Waals surface area (Å²) in [4.78, 5) is 12.4. The van der Waals surface area contributed by atoms with Gasteiger partial charge in [0.25, 0.3) is 0 Å². The summed E-state index contributed by atoms with van der Waals surface area (Å²) in [5.74, 6) is -0.353. The van der Waals surface area contributed by atoms with Gasteiger partial charge in [-0.2, -0.15) is 0 Å². The van der Waals surface area contributed by atoms with E-state index >= 15 is 0 Å². The summed E-state index contributed by atoms with van der Waals surface area (Å²) in [5.41, 5.74) is 9.92. The number of fused-ring (bicyclic) bond motifs is 1. The molecule has 0 fully saturated rings. The van der Waals surface area contributed by atoms with E-state index in [2.05, 4.69) is 0 Å². The van der Waals surface area contributed by atoms with Gasteiger partial charge in [-0.3, -0.25) is 4.57 Å². The lowest BCUT2D eigenvalue weighted by Gasteiger charge is -2.08. The van der Waals surface area contributed by atoms with Gasteiger partial charge in [0.2, 0.25) is 0 Å². The number of benzene rings is 2. The maximum absolute atomic E-state index is 12.0. The van der Waals surface area contributed by atoms with Gasteiger partial charge in [-0.1, -0.05) is 36.5 Å². The first-order valence-electron chi connectivity index (χ1n) is 6.54. The Hall–Kier alpha value is -2.40. The molecule has 0 saturated heterocycles. The molecule has 0 amide bonds. The molecule has 5 heteroatoms. The summed E-state index contributed by atoms with van der Waals surface area (Å²) in [6.45, 7) is 2.43. The van der Waals surface area contributed by atoms with Crippen LogP contribution in [-0.4, -0.2) is 9.56 Å². The standard InChI is InChI=1S/C16H14N2O2S/c1-10-8-11(15(17)21)6-7-12(10)9-18-13-4-2-3-5-14(13)20-16(18)19/h2-8H,9H2,1H3,(H2,17,21). The third-order valence-corrected chi connectivity index (χ3v) is 3.76. The molecule has 0 saturated carbocycles. The first-order chi connectivity index (χ1) is 10.1. The molecule has 106 valence electrons. The van der Waals surface area contributed by atoms with E-state index in [1.54, 1.807) is 10.6 Å². The van der Waals surface area contributed by atoms with Gasteiger partial charge in [0.1, 0.15) is 4.99 Å². The van der Waals surface area contributed by atoms with Crippen molar-refractivity contribution in [2.45, 2.75) is 13.5 Å². The maximum Gasteiger partial charge on any atom is 0.420 e. The molecule has 1 heterocycles. The largest absolute Gasteiger partial charge is 0.420 e. The zero-order valence-electron chi connectivity index (χ0n) is 11.5. The van der Waals surface area contributed by atoms with Crippen LogP contribution in [0.25, 0.3) is 11.1 Å². The molecule has 3 rings (SSSR count). The van der Waals surface area contributed by atoms with Crippen LogP contribution < -0.4 is 11.5 Å². The minimum atomic E-state index is -0.353. The van der Waals surface area contributed by atoms with E-state index in [1.165, 1.54) is 0 Å². The summed E-state index contributed by atoms with van der Waals surface area (Å²) < 4.78 is 6.86. The van der Waals surface area contributed by atoms with Gasteiger partial charge >= 0.3 is 5.76 Å². The van der Waals surface area contributed by atoms with Crippen molar-refractivity contribution in [2.24, 2.45) is 5.73 Å². The van der Waals surface area contributed by atoms with Crippen molar-refractivity contribution in [1.82, 2.24) is 4.57 Å². The zero-order chi connectivity index (χ0) is 15.0. The van der Waals surface area contributed by atoms with Crippen molar-refractivity contribution >= 4 is 28.3 Å². The van der Waals surface area contributed by atoms with Crippen LogP contribution in [-0.2, 0) is 6.54 Å². The molecule has 1 aromatic heterocycles. The number of hydrogen-bond donors (Lipinski definition) is 1. The van der Waals surface area contributed by atoms with Crippen molar-refractivity contribution in [3.05, 3.63) is 69.7 Å². The van der Waals surface area contributed by atoms with Crippen LogP contribution in [0.3, 0.4) is 0 Å². The summed E-state index contributed by atoms with van der Waals surface area (Å²) >= 11 is 4.97. The zero-order valence-corrected chi connectivity index (χ0v) is 12.3. The molecule has 21 heavy (non-hydrogen) atoms. The molecule has 2 aromatic carbocycles. The average Bonchev–Trinajstić information content (AvgIpc) is 2.77. The van der Waals surface area contributed by atoms with Gasteiger partial charge in [-0.15, -0.1) is 0 Å². The van der Waals surface area contributed by atoms with E-state index in [0.717, 1.165) is 22.2 Å². The number of nitrogens with two attached hydrogens (primary N) is 1. The lowest BCUT2D eigenvalue weighted by Crippen LogP contribution is -2.16. The van der Waals surface area contributed by atoms with Crippen LogP contribution >= 0.6 is 12.2 Å². The molecule has 0 bridgehead atoms. The second kappa shape index (κ2) is 5.18. The summed E-state index contributed by atoms with van der Waals surface area (Å²) in [6.07, 6.45) is 0. The second-order valence-corrected chi connectivity index (χ2v) is 5.37. The Morgan fingerprint density at radius 2 is 2.05 bits per heavy atom. The number of para-hydroxylation sites is 2. The minimum Gasteiger partial charge on any atom is -0.408 e. The molecule has 3 aromatic rings. The fourth-order valence-electron chi connectivity index (χ4n) is 2.36. The molecular formula is C16H14N2O2S. The van der Waals surface area contributed by atoms with E-state index in [4.69, 9.17) is 22.4 Å². The maximum atomic E-state index is 12.0. The normalized spacial score (nSPS) is 10.9. The van der Waals surface area contributed by atoms with Crippen molar-refractivity contribution in [1.29, 1.82) is 0 Å². The van der Waals surface area contributed by atoms with Gasteiger partial charge in [-0.05, 0) is 36.2 Å². The Balaban J connectivity index is 2.05. The third kappa shape index (κ3) is 2.48. The monoisotopic (exact) mass is 298 g/mol. The predicted molar refractivity (Wildman–Crippen MR) is 86.6 cm³/mol. The lowest BCUT2D eigenvalue weighted by molar-refractivity contribution is 0.517. The fourth-order valence-corrected chi connectivity index (χ4v) is 2.49. The van der Waals surface area contributed by atoms with Crippen LogP contribution in [0.5, 0.6) is 0 Å². The molecule has 0 aliphatic carbocycles. The van der Waals surface area contributed by atoms with E-state index in [0.29, 0.717) is 17.1 Å². The van der Waals surface area contributed by atoms with Crippen LogP contribution in [0.4, 0.5) is 0 Å². The summed E-state index contributed by atoms with van der Waals surface area (Å²) in [7, 11) is 0. The highest BCUT2D eigenvalue weighted by Gasteiger charge is 2.10. The van der Waals surface area contributed by atoms with E-state index in [9.17, 15) is 4.79 Å². The van der Waals surface area contributed by atoms with Crippen LogP contribution in [0.2, 0.25) is 0 Å². The Morgan fingerprint density at radius 3 is 2.76 bits per heavy atom. The van der Waals surface area contributed by atoms with Crippen molar-refractivity contribution in [3.8, 4) is 0 Å². The summed E-state index contributed by atoms with van der Waals surface area (Å²) in [5, 5.41) is 0. The third-order valence-electron chi connectivity index (χ3n) is 3.53. The first kappa shape index (κ1) is 13.6. The van der Waals surface area contributed by atoms with Gasteiger partial charge in [0.15, 0.2) is 5.58 Å². The molecular weight excluding hydrogens is 284 g/mol. The van der Waals surface area contributed by atoms with Crippen LogP contribution in [0, 0.1) is 6.92 Å². The molecule has 0 unspecified atom stereocenters. The van der Waals surface area contributed by atoms with Gasteiger partial charge in [0, 0.05) is 5.56 Å². The first-order valence-corrected chi connectivity index (χ1v) is 6.95. The summed E-state index contributed by atoms with van der Waals surface area (Å²) in [6, 6.07) is 13.1. The number of hydrogen-bond acceptors (Lipinski definition) is 3. The van der Waals surface area contributed by atoms with Gasteiger partial charge in [0.05, 0.1) is 12.1 Å². The molecule has 0 aliphatic rings. The number of aryl methyl sites for hydroxylation is 1. The Bertz CT molecular complexity index is 893. The smallest absolute Gasteiger partial charge is 0.408 e. The highest BCUT2D eigenvalue weighted by Crippen LogP contribution is 2.16. The fraction of sp³-hybridized carbons (Fsp3) is 0.125. The Morgan fingerprint density at radius 1 is 1.29 bits per heavy atom. The van der Waals surface area contributed by atoms with E-state index < -0.39 is 0 Å². The van der Waals surface area contributed by atoms with E-state index in [-0.39, 0.29) is 5.76 Å². The topological polar surface area (TPSA) is 61.2 Å². The molecule has 0 aliphatic heterocycles. The van der Waals surface area contributed by atoms with Crippen molar-refractivity contribution in [2.75, 3.05) is 0 Å². The van der Waals surface area contributed by atoms with Crippen LogP contribution in [0.15, 0.2) is 51.7 Å². The Labute approximate surface area is 126 Å². The number of aromatic nitrogens is 1. The molecule has 0 radical (unpaired) electrons. The van der Waals surface area contributed by atoms with Crippen molar-refractivity contribution in [3.63, 3.8) is 0 Å². The highest BCUT2D eigenvalue weighted by molar-refractivity contribution is 7.80. The number of oxazole rings is 1. The second-order valence-electron chi connectivity index (χ2n) is 4.93. The van der Waals surface area contributed by atoms with Crippen molar-refractivity contribution < 1.29 is 4.42 Å². The number of nitrogens with zero attached hydrogens (tertiary/aromatic N) is 1. The SMILES string of the molecule is Cc1cc(C(N)=S)ccc1Cn1c(=O)oc2ccccc21. The van der Waals surface area contributed by atoms with Crippen LogP contribution in [0.1, 0.15) is 16.7 Å². The highest BCUT2D eigenvalue weighted by atomic mass is 32.1. The predicted octanol–water partition coefficient (Wildman–Crippen LogP) is 2.59.